The van der Waals surface area contributed by atoms with Crippen molar-refractivity contribution >= 4 is 27.5 Å². The molecule has 0 spiro atoms. The summed E-state index contributed by atoms with van der Waals surface area (Å²) in [6.45, 7) is -1.03. The molecule has 32 heavy (non-hydrogen) atoms. The minimum atomic E-state index is -3.95. The summed E-state index contributed by atoms with van der Waals surface area (Å²) in [5, 5.41) is 7.87. The fourth-order valence-electron chi connectivity index (χ4n) is 3.62. The molecule has 0 bridgehead atoms. The Morgan fingerprint density at radius 3 is 2.62 bits per heavy atom. The van der Waals surface area contributed by atoms with Crippen molar-refractivity contribution in [3.05, 3.63) is 53.6 Å². The molecule has 1 aliphatic rings. The number of benzene rings is 2. The molecule has 1 saturated heterocycles. The molecule has 3 N–H and O–H groups in total. The molecule has 1 heterocycles. The summed E-state index contributed by atoms with van der Waals surface area (Å²) in [7, 11) is -3.95. The number of primary sulfonamides is 1. The summed E-state index contributed by atoms with van der Waals surface area (Å²) in [5.74, 6) is -1.68. The van der Waals surface area contributed by atoms with Gasteiger partial charge in [-0.3, -0.25) is 9.59 Å². The molecule has 1 fully saturated rings. The van der Waals surface area contributed by atoms with Crippen LogP contribution in [-0.4, -0.2) is 44.8 Å². The van der Waals surface area contributed by atoms with E-state index in [-0.39, 0.29) is 34.3 Å². The number of aryl methyl sites for hydroxylation is 1. The summed E-state index contributed by atoms with van der Waals surface area (Å²) in [5.41, 5.74) is 0.707. The number of amides is 2. The number of para-hydroxylation sites is 1. The SMILES string of the molecule is Cc1ccc(NC(=O)C2CCCN(C(=O)c3ccccc3OC(F)F)C2)cc1S(N)(=O)=O. The maximum absolute atomic E-state index is 12.9. The Morgan fingerprint density at radius 1 is 1.22 bits per heavy atom. The van der Waals surface area contributed by atoms with E-state index >= 15 is 0 Å². The van der Waals surface area contributed by atoms with Crippen LogP contribution in [0, 0.1) is 12.8 Å². The van der Waals surface area contributed by atoms with Crippen LogP contribution in [0.2, 0.25) is 0 Å². The van der Waals surface area contributed by atoms with Gasteiger partial charge in [-0.25, -0.2) is 13.6 Å². The largest absolute Gasteiger partial charge is 0.434 e. The Hall–Kier alpha value is -3.05. The van der Waals surface area contributed by atoms with E-state index in [1.165, 1.54) is 35.2 Å². The van der Waals surface area contributed by atoms with Crippen LogP contribution in [-0.2, 0) is 14.8 Å². The average Bonchev–Trinajstić information content (AvgIpc) is 2.74. The number of sulfonamides is 1. The number of ether oxygens (including phenoxy) is 1. The molecule has 172 valence electrons. The fourth-order valence-corrected chi connectivity index (χ4v) is 4.42. The highest BCUT2D eigenvalue weighted by molar-refractivity contribution is 7.89. The van der Waals surface area contributed by atoms with Crippen molar-refractivity contribution in [3.63, 3.8) is 0 Å². The Kier molecular flexibility index (Phi) is 7.09. The van der Waals surface area contributed by atoms with E-state index in [4.69, 9.17) is 5.14 Å². The Labute approximate surface area is 184 Å². The molecule has 0 radical (unpaired) electrons. The minimum Gasteiger partial charge on any atom is -0.434 e. The third kappa shape index (κ3) is 5.60. The third-order valence-corrected chi connectivity index (χ3v) is 6.23. The second-order valence-electron chi connectivity index (χ2n) is 7.48. The van der Waals surface area contributed by atoms with Crippen molar-refractivity contribution < 1.29 is 31.5 Å². The van der Waals surface area contributed by atoms with Crippen LogP contribution < -0.4 is 15.2 Å². The fraction of sp³-hybridized carbons (Fsp3) is 0.333. The van der Waals surface area contributed by atoms with E-state index in [0.29, 0.717) is 24.9 Å². The van der Waals surface area contributed by atoms with Gasteiger partial charge in [-0.1, -0.05) is 18.2 Å². The number of hydrogen-bond acceptors (Lipinski definition) is 5. The maximum Gasteiger partial charge on any atom is 0.387 e. The molecule has 8 nitrogen and oxygen atoms in total. The van der Waals surface area contributed by atoms with E-state index in [2.05, 4.69) is 10.1 Å². The summed E-state index contributed by atoms with van der Waals surface area (Å²) < 4.78 is 53.2. The zero-order valence-corrected chi connectivity index (χ0v) is 18.1. The van der Waals surface area contributed by atoms with Crippen molar-refractivity contribution in [1.82, 2.24) is 4.90 Å². The summed E-state index contributed by atoms with van der Waals surface area (Å²) in [4.78, 5) is 27.0. The predicted molar refractivity (Wildman–Crippen MR) is 113 cm³/mol. The molecule has 1 unspecified atom stereocenters. The molecule has 11 heteroatoms. The van der Waals surface area contributed by atoms with Crippen LogP contribution in [0.4, 0.5) is 14.5 Å². The first kappa shape index (κ1) is 23.6. The van der Waals surface area contributed by atoms with Gasteiger partial charge < -0.3 is 15.0 Å². The molecule has 0 aliphatic carbocycles. The number of halogens is 2. The van der Waals surface area contributed by atoms with E-state index in [9.17, 15) is 26.8 Å². The highest BCUT2D eigenvalue weighted by Crippen LogP contribution is 2.26. The molecule has 2 amide bonds. The molecular weight excluding hydrogens is 444 g/mol. The van der Waals surface area contributed by atoms with E-state index < -0.39 is 28.5 Å². The van der Waals surface area contributed by atoms with Crippen LogP contribution >= 0.6 is 0 Å². The number of carbonyl (C=O) groups is 2. The van der Waals surface area contributed by atoms with Crippen molar-refractivity contribution in [2.75, 3.05) is 18.4 Å². The lowest BCUT2D eigenvalue weighted by Crippen LogP contribution is -2.43. The van der Waals surface area contributed by atoms with Gasteiger partial charge in [0.1, 0.15) is 5.75 Å². The Bertz CT molecular complexity index is 1120. The standard InChI is InChI=1S/C21H23F2N3O5S/c1-13-8-9-15(11-18(13)32(24,29)30)25-19(27)14-5-4-10-26(12-14)20(28)16-6-2-3-7-17(16)31-21(22)23/h2-3,6-9,11,14,21H,4-5,10,12H2,1H3,(H,25,27)(H2,24,29,30). The number of carbonyl (C=O) groups excluding carboxylic acids is 2. The number of nitrogens with one attached hydrogen (secondary N) is 1. The number of nitrogens with two attached hydrogens (primary N) is 1. The van der Waals surface area contributed by atoms with Crippen molar-refractivity contribution in [2.45, 2.75) is 31.3 Å². The first-order valence-corrected chi connectivity index (χ1v) is 11.4. The topological polar surface area (TPSA) is 119 Å². The quantitative estimate of drug-likeness (QED) is 0.677. The van der Waals surface area contributed by atoms with Gasteiger partial charge in [0.05, 0.1) is 16.4 Å². The molecule has 1 aliphatic heterocycles. The molecule has 3 rings (SSSR count). The highest BCUT2D eigenvalue weighted by atomic mass is 32.2. The number of piperidine rings is 1. The smallest absolute Gasteiger partial charge is 0.387 e. The first-order valence-electron chi connectivity index (χ1n) is 9.83. The van der Waals surface area contributed by atoms with Gasteiger partial charge in [0.2, 0.25) is 15.9 Å². The lowest BCUT2D eigenvalue weighted by molar-refractivity contribution is -0.121. The van der Waals surface area contributed by atoms with E-state index in [1.54, 1.807) is 19.1 Å². The monoisotopic (exact) mass is 467 g/mol. The summed E-state index contributed by atoms with van der Waals surface area (Å²) in [6.07, 6.45) is 1.05. The molecular formula is C21H23F2N3O5S. The van der Waals surface area contributed by atoms with Gasteiger partial charge in [-0.15, -0.1) is 0 Å². The van der Waals surface area contributed by atoms with Gasteiger partial charge in [0.25, 0.3) is 5.91 Å². The van der Waals surface area contributed by atoms with Crippen molar-refractivity contribution in [1.29, 1.82) is 0 Å². The van der Waals surface area contributed by atoms with Crippen LogP contribution in [0.1, 0.15) is 28.8 Å². The van der Waals surface area contributed by atoms with Crippen LogP contribution in [0.25, 0.3) is 0 Å². The zero-order chi connectivity index (χ0) is 23.5. The predicted octanol–water partition coefficient (Wildman–Crippen LogP) is 2.73. The van der Waals surface area contributed by atoms with Gasteiger partial charge >= 0.3 is 6.61 Å². The number of rotatable bonds is 6. The highest BCUT2D eigenvalue weighted by Gasteiger charge is 2.30. The first-order chi connectivity index (χ1) is 15.1. The normalized spacial score (nSPS) is 16.7. The number of hydrogen-bond donors (Lipinski definition) is 2. The van der Waals surface area contributed by atoms with E-state index in [1.807, 2.05) is 0 Å². The molecule has 0 aromatic heterocycles. The number of nitrogens with zero attached hydrogens (tertiary/aromatic N) is 1. The molecule has 2 aromatic carbocycles. The number of anilines is 1. The Morgan fingerprint density at radius 2 is 1.94 bits per heavy atom. The van der Waals surface area contributed by atoms with Crippen LogP contribution in [0.3, 0.4) is 0 Å². The van der Waals surface area contributed by atoms with Crippen LogP contribution in [0.15, 0.2) is 47.4 Å². The number of alkyl halides is 2. The maximum atomic E-state index is 12.9. The lowest BCUT2D eigenvalue weighted by Gasteiger charge is -2.32. The zero-order valence-electron chi connectivity index (χ0n) is 17.3. The van der Waals surface area contributed by atoms with Gasteiger partial charge in [-0.2, -0.15) is 8.78 Å². The van der Waals surface area contributed by atoms with Crippen molar-refractivity contribution in [3.8, 4) is 5.75 Å². The van der Waals surface area contributed by atoms with E-state index in [0.717, 1.165) is 0 Å². The average molecular weight is 467 g/mol. The van der Waals surface area contributed by atoms with Crippen LogP contribution in [0.5, 0.6) is 5.75 Å². The summed E-state index contributed by atoms with van der Waals surface area (Å²) in [6, 6.07) is 10.1. The minimum absolute atomic E-state index is 0.00909. The van der Waals surface area contributed by atoms with Gasteiger partial charge in [0.15, 0.2) is 0 Å². The third-order valence-electron chi connectivity index (χ3n) is 5.18. The molecule has 2 aromatic rings. The second kappa shape index (κ2) is 9.61. The lowest BCUT2D eigenvalue weighted by atomic mass is 9.96. The summed E-state index contributed by atoms with van der Waals surface area (Å²) >= 11 is 0. The second-order valence-corrected chi connectivity index (χ2v) is 9.01. The van der Waals surface area contributed by atoms with Crippen molar-refractivity contribution in [2.24, 2.45) is 11.1 Å². The van der Waals surface area contributed by atoms with Gasteiger partial charge in [-0.05, 0) is 49.6 Å². The van der Waals surface area contributed by atoms with Gasteiger partial charge in [0, 0.05) is 18.8 Å². The molecule has 1 atom stereocenters. The molecule has 0 saturated carbocycles. The Balaban J connectivity index is 1.73. The number of likely N-dealkylation sites (tertiary alicyclic amines) is 1.